The normalized spacial score (nSPS) is 18.7. The summed E-state index contributed by atoms with van der Waals surface area (Å²) in [5.41, 5.74) is 3.85. The first kappa shape index (κ1) is 22.0. The second-order valence-corrected chi connectivity index (χ2v) is 8.47. The van der Waals surface area contributed by atoms with Gasteiger partial charge in [-0.05, 0) is 16.7 Å². The van der Waals surface area contributed by atoms with Crippen LogP contribution in [0, 0.1) is 0 Å². The van der Waals surface area contributed by atoms with Crippen LogP contribution in [-0.2, 0) is 29.2 Å². The summed E-state index contributed by atoms with van der Waals surface area (Å²) in [5, 5.41) is 3.14. The summed E-state index contributed by atoms with van der Waals surface area (Å²) in [6.07, 6.45) is 0. The van der Waals surface area contributed by atoms with Gasteiger partial charge >= 0.3 is 0 Å². The van der Waals surface area contributed by atoms with Crippen LogP contribution in [0.15, 0.2) is 54.6 Å². The van der Waals surface area contributed by atoms with Gasteiger partial charge in [0, 0.05) is 58.9 Å². The number of rotatable bonds is 8. The van der Waals surface area contributed by atoms with Gasteiger partial charge in [0.1, 0.15) is 0 Å². The molecule has 6 nitrogen and oxygen atoms in total. The lowest BCUT2D eigenvalue weighted by Gasteiger charge is -2.34. The van der Waals surface area contributed by atoms with E-state index in [1.165, 1.54) is 16.7 Å². The number of benzene rings is 2. The van der Waals surface area contributed by atoms with Crippen molar-refractivity contribution >= 4 is 5.91 Å². The predicted octanol–water partition coefficient (Wildman–Crippen LogP) is 1.95. The Morgan fingerprint density at radius 3 is 2.10 bits per heavy atom. The lowest BCUT2D eigenvalue weighted by Crippen LogP contribution is -2.49. The zero-order valence-corrected chi connectivity index (χ0v) is 18.3. The summed E-state index contributed by atoms with van der Waals surface area (Å²) in [4.78, 5) is 19.7. The molecule has 166 valence electrons. The standard InChI is InChI=1S/C25H34N4O2/c30-25(21-28-12-10-27(11-13-28)19-22-6-2-1-3-7-22)26-18-23-8-4-5-9-24(23)20-29-14-16-31-17-15-29/h1-9H,10-21H2,(H,26,30). The van der Waals surface area contributed by atoms with Crippen molar-refractivity contribution in [3.63, 3.8) is 0 Å². The van der Waals surface area contributed by atoms with Crippen molar-refractivity contribution in [2.24, 2.45) is 0 Å². The van der Waals surface area contributed by atoms with Crippen LogP contribution in [0.2, 0.25) is 0 Å². The smallest absolute Gasteiger partial charge is 0.234 e. The van der Waals surface area contributed by atoms with Gasteiger partial charge in [0.05, 0.1) is 19.8 Å². The first-order valence-electron chi connectivity index (χ1n) is 11.4. The molecule has 0 unspecified atom stereocenters. The average Bonchev–Trinajstić information content (AvgIpc) is 2.81. The Balaban J connectivity index is 1.19. The number of nitrogens with one attached hydrogen (secondary N) is 1. The van der Waals surface area contributed by atoms with E-state index < -0.39 is 0 Å². The molecular formula is C25H34N4O2. The summed E-state index contributed by atoms with van der Waals surface area (Å²) < 4.78 is 5.45. The molecule has 0 saturated carbocycles. The fraction of sp³-hybridized carbons (Fsp3) is 0.480. The van der Waals surface area contributed by atoms with Gasteiger partial charge in [-0.3, -0.25) is 19.5 Å². The number of carbonyl (C=O) groups is 1. The molecule has 0 aliphatic carbocycles. The van der Waals surface area contributed by atoms with E-state index in [4.69, 9.17) is 4.74 Å². The summed E-state index contributed by atoms with van der Waals surface area (Å²) in [6, 6.07) is 19.0. The molecule has 0 radical (unpaired) electrons. The predicted molar refractivity (Wildman–Crippen MR) is 123 cm³/mol. The van der Waals surface area contributed by atoms with Crippen molar-refractivity contribution in [1.82, 2.24) is 20.0 Å². The first-order valence-corrected chi connectivity index (χ1v) is 11.4. The van der Waals surface area contributed by atoms with E-state index in [2.05, 4.69) is 74.6 Å². The van der Waals surface area contributed by atoms with Crippen LogP contribution in [0.4, 0.5) is 0 Å². The molecule has 2 aliphatic heterocycles. The molecule has 2 heterocycles. The molecule has 2 fully saturated rings. The molecule has 1 amide bonds. The van der Waals surface area contributed by atoms with Gasteiger partial charge in [-0.1, -0.05) is 54.6 Å². The summed E-state index contributed by atoms with van der Waals surface area (Å²) in [5.74, 6) is 0.109. The topological polar surface area (TPSA) is 48.1 Å². The van der Waals surface area contributed by atoms with Gasteiger partial charge in [-0.2, -0.15) is 0 Å². The summed E-state index contributed by atoms with van der Waals surface area (Å²) in [7, 11) is 0. The lowest BCUT2D eigenvalue weighted by atomic mass is 10.1. The SMILES string of the molecule is O=C(CN1CCN(Cc2ccccc2)CC1)NCc1ccccc1CN1CCOCC1. The van der Waals surface area contributed by atoms with Crippen LogP contribution in [-0.4, -0.2) is 79.6 Å². The van der Waals surface area contributed by atoms with Crippen LogP contribution in [0.3, 0.4) is 0 Å². The van der Waals surface area contributed by atoms with Crippen molar-refractivity contribution in [1.29, 1.82) is 0 Å². The third kappa shape index (κ3) is 6.87. The molecule has 6 heteroatoms. The Kier molecular flexibility index (Phi) is 8.07. The van der Waals surface area contributed by atoms with Crippen LogP contribution in [0.1, 0.15) is 16.7 Å². The number of hydrogen-bond donors (Lipinski definition) is 1. The third-order valence-corrected chi connectivity index (χ3v) is 6.17. The van der Waals surface area contributed by atoms with Crippen LogP contribution in [0.25, 0.3) is 0 Å². The maximum absolute atomic E-state index is 12.6. The van der Waals surface area contributed by atoms with Crippen molar-refractivity contribution in [2.45, 2.75) is 19.6 Å². The average molecular weight is 423 g/mol. The quantitative estimate of drug-likeness (QED) is 0.705. The van der Waals surface area contributed by atoms with Crippen molar-refractivity contribution in [3.8, 4) is 0 Å². The van der Waals surface area contributed by atoms with E-state index in [0.717, 1.165) is 65.6 Å². The third-order valence-electron chi connectivity index (χ3n) is 6.17. The minimum atomic E-state index is 0.109. The van der Waals surface area contributed by atoms with E-state index in [1.54, 1.807) is 0 Å². The largest absolute Gasteiger partial charge is 0.379 e. The maximum Gasteiger partial charge on any atom is 0.234 e. The first-order chi connectivity index (χ1) is 15.3. The fourth-order valence-corrected chi connectivity index (χ4v) is 4.28. The number of piperazine rings is 1. The van der Waals surface area contributed by atoms with Crippen LogP contribution >= 0.6 is 0 Å². The molecule has 0 bridgehead atoms. The van der Waals surface area contributed by atoms with Crippen molar-refractivity contribution < 1.29 is 9.53 Å². The molecule has 0 aromatic heterocycles. The zero-order chi connectivity index (χ0) is 21.3. The molecule has 31 heavy (non-hydrogen) atoms. The van der Waals surface area contributed by atoms with E-state index in [-0.39, 0.29) is 5.91 Å². The molecule has 2 aromatic rings. The number of morpholine rings is 1. The summed E-state index contributed by atoms with van der Waals surface area (Å²) in [6.45, 7) is 10.4. The van der Waals surface area contributed by atoms with Gasteiger partial charge < -0.3 is 10.1 Å². The molecule has 2 aromatic carbocycles. The fourth-order valence-electron chi connectivity index (χ4n) is 4.28. The second-order valence-electron chi connectivity index (χ2n) is 8.47. The molecule has 4 rings (SSSR count). The molecule has 0 spiro atoms. The highest BCUT2D eigenvalue weighted by molar-refractivity contribution is 5.78. The Hall–Kier alpha value is -2.25. The van der Waals surface area contributed by atoms with Crippen molar-refractivity contribution in [3.05, 3.63) is 71.3 Å². The van der Waals surface area contributed by atoms with E-state index in [0.29, 0.717) is 13.1 Å². The molecule has 2 aliphatic rings. The van der Waals surface area contributed by atoms with E-state index in [9.17, 15) is 4.79 Å². The van der Waals surface area contributed by atoms with Gasteiger partial charge in [0.25, 0.3) is 0 Å². The monoisotopic (exact) mass is 422 g/mol. The lowest BCUT2D eigenvalue weighted by molar-refractivity contribution is -0.122. The number of amides is 1. The van der Waals surface area contributed by atoms with Gasteiger partial charge in [-0.15, -0.1) is 0 Å². The highest BCUT2D eigenvalue weighted by atomic mass is 16.5. The minimum absolute atomic E-state index is 0.109. The van der Waals surface area contributed by atoms with E-state index >= 15 is 0 Å². The highest BCUT2D eigenvalue weighted by Crippen LogP contribution is 2.13. The van der Waals surface area contributed by atoms with Crippen LogP contribution in [0.5, 0.6) is 0 Å². The molecule has 0 atom stereocenters. The molecule has 1 N–H and O–H groups in total. The van der Waals surface area contributed by atoms with Crippen molar-refractivity contribution in [2.75, 3.05) is 59.0 Å². The van der Waals surface area contributed by atoms with Gasteiger partial charge in [0.2, 0.25) is 5.91 Å². The number of carbonyl (C=O) groups excluding carboxylic acids is 1. The molecular weight excluding hydrogens is 388 g/mol. The Bertz CT molecular complexity index is 815. The van der Waals surface area contributed by atoms with Gasteiger partial charge in [-0.25, -0.2) is 0 Å². The number of hydrogen-bond acceptors (Lipinski definition) is 5. The minimum Gasteiger partial charge on any atom is -0.379 e. The van der Waals surface area contributed by atoms with E-state index in [1.807, 2.05) is 0 Å². The van der Waals surface area contributed by atoms with Gasteiger partial charge in [0.15, 0.2) is 0 Å². The second kappa shape index (κ2) is 11.4. The Morgan fingerprint density at radius 2 is 1.35 bits per heavy atom. The highest BCUT2D eigenvalue weighted by Gasteiger charge is 2.19. The number of nitrogens with zero attached hydrogens (tertiary/aromatic N) is 3. The van der Waals surface area contributed by atoms with Crippen LogP contribution < -0.4 is 5.32 Å². The molecule has 2 saturated heterocycles. The zero-order valence-electron chi connectivity index (χ0n) is 18.3. The number of ether oxygens (including phenoxy) is 1. The Labute approximate surface area is 185 Å². The Morgan fingerprint density at radius 1 is 0.742 bits per heavy atom. The maximum atomic E-state index is 12.6. The summed E-state index contributed by atoms with van der Waals surface area (Å²) >= 11 is 0.